The van der Waals surface area contributed by atoms with E-state index in [0.717, 1.165) is 21.4 Å². The number of aromatic nitrogens is 2. The van der Waals surface area contributed by atoms with Gasteiger partial charge in [-0.25, -0.2) is 0 Å². The molecule has 0 atom stereocenters. The molecular formula is C19H17ClF3I2N3Pt. The van der Waals surface area contributed by atoms with Gasteiger partial charge in [-0.2, -0.15) is 1.33 Å². The quantitative estimate of drug-likeness (QED) is 0.208. The zero-order chi connectivity index (χ0) is 21.6. The van der Waals surface area contributed by atoms with E-state index in [1.807, 2.05) is 52.8 Å². The SMILES string of the molecule is Clc1ccc(CN(I)I)cc1.Cn1ccn(Cc2cccc(C(F)(F)F)c2)[c]1=[Pt]. The Labute approximate surface area is 211 Å². The van der Waals surface area contributed by atoms with Crippen LogP contribution < -0.4 is 0 Å². The molecule has 0 aliphatic rings. The van der Waals surface area contributed by atoms with Gasteiger partial charge in [0.25, 0.3) is 0 Å². The molecule has 29 heavy (non-hydrogen) atoms. The molecule has 0 N–H and O–H groups in total. The van der Waals surface area contributed by atoms with Crippen LogP contribution in [0.2, 0.25) is 5.02 Å². The van der Waals surface area contributed by atoms with Crippen LogP contribution in [0.25, 0.3) is 0 Å². The van der Waals surface area contributed by atoms with Crippen LogP contribution in [0.5, 0.6) is 0 Å². The number of hydrogen-bond acceptors (Lipinski definition) is 1. The molecule has 10 heteroatoms. The molecule has 0 amide bonds. The molecular weight excluding hydrogens is 812 g/mol. The predicted molar refractivity (Wildman–Crippen MR) is 122 cm³/mol. The zero-order valence-corrected chi connectivity index (χ0v) is 22.5. The van der Waals surface area contributed by atoms with E-state index in [1.54, 1.807) is 6.07 Å². The maximum absolute atomic E-state index is 12.6. The Hall–Kier alpha value is -0.162. The van der Waals surface area contributed by atoms with E-state index >= 15 is 0 Å². The summed E-state index contributed by atoms with van der Waals surface area (Å²) in [6.45, 7) is 1.38. The second-order valence-electron chi connectivity index (χ2n) is 6.06. The van der Waals surface area contributed by atoms with Crippen LogP contribution in [0.15, 0.2) is 60.9 Å². The summed E-state index contributed by atoms with van der Waals surface area (Å²) >= 11 is 12.4. The van der Waals surface area contributed by atoms with Crippen LogP contribution in [0, 0.1) is 3.80 Å². The summed E-state index contributed by atoms with van der Waals surface area (Å²) in [6, 6.07) is 13.3. The number of halogens is 6. The second-order valence-corrected chi connectivity index (χ2v) is 11.7. The van der Waals surface area contributed by atoms with Crippen LogP contribution >= 0.6 is 57.3 Å². The standard InChI is InChI=1S/C12H11F3N2.C7H6ClI2N.Pt/c1-16-5-6-17(9-16)8-10-3-2-4-11(7-10)12(13,14)15;8-7-3-1-6(2-4-7)5-11(9)10;/h2-7H,8H2,1H3;1-4H,5H2;. The van der Waals surface area contributed by atoms with Crippen molar-refractivity contribution >= 4 is 57.3 Å². The van der Waals surface area contributed by atoms with Crippen molar-refractivity contribution in [1.82, 2.24) is 10.5 Å². The van der Waals surface area contributed by atoms with Gasteiger partial charge in [0.2, 0.25) is 0 Å². The molecule has 1 heterocycles. The Morgan fingerprint density at radius 3 is 2.21 bits per heavy atom. The van der Waals surface area contributed by atoms with Gasteiger partial charge >= 0.3 is 113 Å². The third-order valence-corrected chi connectivity index (χ3v) is 6.17. The van der Waals surface area contributed by atoms with Gasteiger partial charge in [0.05, 0.1) is 0 Å². The minimum absolute atomic E-state index is 0.434. The van der Waals surface area contributed by atoms with Gasteiger partial charge in [0, 0.05) is 57.3 Å². The van der Waals surface area contributed by atoms with E-state index in [-0.39, 0.29) is 0 Å². The number of hydrogen-bond donors (Lipinski definition) is 0. The fraction of sp³-hybridized carbons (Fsp3) is 0.211. The summed E-state index contributed by atoms with van der Waals surface area (Å²) in [5.41, 5.74) is 1.31. The van der Waals surface area contributed by atoms with E-state index in [1.165, 1.54) is 17.7 Å². The molecule has 1 aromatic heterocycles. The fourth-order valence-corrected chi connectivity index (χ4v) is 3.81. The molecule has 0 aliphatic carbocycles. The predicted octanol–water partition coefficient (Wildman–Crippen LogP) is 6.81. The Kier molecular flexibility index (Phi) is 9.92. The van der Waals surface area contributed by atoms with Gasteiger partial charge in [0.15, 0.2) is 0 Å². The molecule has 0 radical (unpaired) electrons. The number of nitrogens with zero attached hydrogens (tertiary/aromatic N) is 3. The van der Waals surface area contributed by atoms with Crippen molar-refractivity contribution in [3.8, 4) is 0 Å². The van der Waals surface area contributed by atoms with Crippen LogP contribution in [-0.4, -0.2) is 10.5 Å². The van der Waals surface area contributed by atoms with E-state index in [4.69, 9.17) is 11.6 Å². The third kappa shape index (κ3) is 8.47. The minimum atomic E-state index is -4.29. The van der Waals surface area contributed by atoms with Crippen molar-refractivity contribution in [2.45, 2.75) is 19.3 Å². The van der Waals surface area contributed by atoms with Crippen LogP contribution in [0.4, 0.5) is 13.2 Å². The van der Waals surface area contributed by atoms with Crippen molar-refractivity contribution in [2.75, 3.05) is 0 Å². The van der Waals surface area contributed by atoms with Crippen molar-refractivity contribution < 1.29 is 32.5 Å². The average Bonchev–Trinajstić information content (AvgIpc) is 2.95. The third-order valence-electron chi connectivity index (χ3n) is 3.78. The molecule has 0 bridgehead atoms. The molecule has 3 aromatic rings. The summed E-state index contributed by atoms with van der Waals surface area (Å²) in [6.07, 6.45) is -0.566. The molecule has 0 aliphatic heterocycles. The summed E-state index contributed by atoms with van der Waals surface area (Å²) in [5.74, 6) is 0. The first-order valence-corrected chi connectivity index (χ1v) is 11.7. The number of imidazole rings is 1. The second kappa shape index (κ2) is 11.5. The Morgan fingerprint density at radius 1 is 1.03 bits per heavy atom. The number of aryl methyl sites for hydroxylation is 1. The maximum atomic E-state index is 12.6. The van der Waals surface area contributed by atoms with Crippen LogP contribution in [0.1, 0.15) is 16.7 Å². The molecule has 3 rings (SSSR count). The fourth-order valence-electron chi connectivity index (χ4n) is 2.38. The Morgan fingerprint density at radius 2 is 1.69 bits per heavy atom. The van der Waals surface area contributed by atoms with Gasteiger partial charge in [0.1, 0.15) is 0 Å². The monoisotopic (exact) mass is 828 g/mol. The molecule has 3 nitrogen and oxygen atoms in total. The summed E-state index contributed by atoms with van der Waals surface area (Å²) < 4.78 is 44.6. The Bertz CT molecular complexity index is 985. The van der Waals surface area contributed by atoms with Gasteiger partial charge in [-0.1, -0.05) is 23.7 Å². The van der Waals surface area contributed by atoms with Crippen LogP contribution in [-0.2, 0) is 45.7 Å². The van der Waals surface area contributed by atoms with Crippen molar-refractivity contribution in [1.29, 1.82) is 0 Å². The van der Waals surface area contributed by atoms with E-state index < -0.39 is 11.7 Å². The Balaban J connectivity index is 0.000000234. The average molecular weight is 829 g/mol. The first-order valence-electron chi connectivity index (χ1n) is 8.23. The van der Waals surface area contributed by atoms with Gasteiger partial charge in [-0.15, -0.1) is 0 Å². The summed E-state index contributed by atoms with van der Waals surface area (Å²) in [5, 5.41) is 0.794. The molecule has 0 spiro atoms. The number of benzene rings is 2. The summed E-state index contributed by atoms with van der Waals surface area (Å²) in [7, 11) is 1.89. The molecule has 2 aromatic carbocycles. The van der Waals surface area contributed by atoms with Crippen molar-refractivity contribution in [3.63, 3.8) is 0 Å². The van der Waals surface area contributed by atoms with Crippen molar-refractivity contribution in [2.24, 2.45) is 7.05 Å². The topological polar surface area (TPSA) is 13.1 Å². The number of alkyl halides is 3. The van der Waals surface area contributed by atoms with E-state index in [2.05, 4.69) is 66.4 Å². The molecule has 0 fully saturated rings. The first kappa shape index (κ1) is 25.1. The summed E-state index contributed by atoms with van der Waals surface area (Å²) in [4.78, 5) is 0. The van der Waals surface area contributed by atoms with E-state index in [9.17, 15) is 13.2 Å². The van der Waals surface area contributed by atoms with Crippen LogP contribution in [0.3, 0.4) is 0 Å². The normalized spacial score (nSPS) is 11.4. The van der Waals surface area contributed by atoms with Gasteiger partial charge in [-0.3, -0.25) is 0 Å². The zero-order valence-electron chi connectivity index (χ0n) is 15.1. The van der Waals surface area contributed by atoms with E-state index in [0.29, 0.717) is 12.1 Å². The molecule has 0 unspecified atom stereocenters. The molecule has 0 saturated heterocycles. The van der Waals surface area contributed by atoms with Crippen molar-refractivity contribution in [3.05, 3.63) is 86.4 Å². The first-order chi connectivity index (χ1) is 13.6. The molecule has 160 valence electrons. The van der Waals surface area contributed by atoms with Gasteiger partial charge in [-0.05, 0) is 17.7 Å². The van der Waals surface area contributed by atoms with Gasteiger partial charge < -0.3 is 0 Å². The molecule has 0 saturated carbocycles. The number of rotatable bonds is 4.